The van der Waals surface area contributed by atoms with Crippen molar-refractivity contribution in [3.63, 3.8) is 0 Å². The van der Waals surface area contributed by atoms with E-state index in [1.807, 2.05) is 31.2 Å². The summed E-state index contributed by atoms with van der Waals surface area (Å²) in [6.45, 7) is 13.7. The first-order chi connectivity index (χ1) is 16.7. The smallest absolute Gasteiger partial charge is 0.337 e. The Bertz CT molecular complexity index is 1110. The van der Waals surface area contributed by atoms with Crippen LogP contribution in [0.15, 0.2) is 89.4 Å². The molecule has 1 rings (SSSR count). The average molecular weight is 477 g/mol. The first kappa shape index (κ1) is 29.0. The molecule has 1 atom stereocenters. The Kier molecular flexibility index (Phi) is 12.4. The van der Waals surface area contributed by atoms with E-state index < -0.39 is 11.9 Å². The standard InChI is InChI=1S/C28H36N4O3/c1-7-11-12-14-21(13-8-2)24(19(5)9-3)18-31-25(10-4)23(16-29)27(33)32-26-15-22(28(34)35)17-30-20(26)6/h8,10-19H,4,7,9,29H2,1-3,5-6H3,(H,32,33)(H,34,35)/b12-11+,13-8-,21-14+,23-16+,24-18+,31-25+. The van der Waals surface area contributed by atoms with Crippen molar-refractivity contribution in [2.24, 2.45) is 16.6 Å². The molecule has 0 fully saturated rings. The monoisotopic (exact) mass is 476 g/mol. The van der Waals surface area contributed by atoms with E-state index in [-0.39, 0.29) is 28.5 Å². The third-order valence-electron chi connectivity index (χ3n) is 5.28. The number of anilines is 1. The molecule has 0 aromatic carbocycles. The van der Waals surface area contributed by atoms with Gasteiger partial charge in [0.2, 0.25) is 0 Å². The van der Waals surface area contributed by atoms with Crippen molar-refractivity contribution < 1.29 is 14.7 Å². The quantitative estimate of drug-likeness (QED) is 0.197. The van der Waals surface area contributed by atoms with Crippen LogP contribution in [0.3, 0.4) is 0 Å². The van der Waals surface area contributed by atoms with Crippen LogP contribution in [0.1, 0.15) is 56.6 Å². The minimum absolute atomic E-state index is 0.0386. The number of nitrogens with zero attached hydrogens (tertiary/aromatic N) is 2. The van der Waals surface area contributed by atoms with Gasteiger partial charge in [0.1, 0.15) is 0 Å². The zero-order chi connectivity index (χ0) is 26.4. The summed E-state index contributed by atoms with van der Waals surface area (Å²) in [5.41, 5.74) is 8.91. The number of carbonyl (C=O) groups is 2. The van der Waals surface area contributed by atoms with Gasteiger partial charge in [0.25, 0.3) is 5.91 Å². The van der Waals surface area contributed by atoms with E-state index in [4.69, 9.17) is 5.73 Å². The lowest BCUT2D eigenvalue weighted by Gasteiger charge is -2.15. The van der Waals surface area contributed by atoms with Gasteiger partial charge in [-0.1, -0.05) is 57.7 Å². The molecule has 0 spiro atoms. The number of nitrogens with one attached hydrogen (secondary N) is 1. The SMILES string of the molecule is C=CC(=N/C=C(C(/C=C\C)=C/C=C/CC)\C(C)CC)\C(=C/N)C(=O)Nc1cc(C(=O)O)cnc1C. The minimum Gasteiger partial charge on any atom is -0.478 e. The number of carboxylic acids is 1. The van der Waals surface area contributed by atoms with Gasteiger partial charge in [0, 0.05) is 18.6 Å². The van der Waals surface area contributed by atoms with Crippen molar-refractivity contribution in [3.8, 4) is 0 Å². The van der Waals surface area contributed by atoms with Gasteiger partial charge in [-0.2, -0.15) is 0 Å². The second kappa shape index (κ2) is 15.0. The number of rotatable bonds is 12. The molecule has 35 heavy (non-hydrogen) atoms. The van der Waals surface area contributed by atoms with Crippen LogP contribution in [0.25, 0.3) is 0 Å². The molecule has 0 aliphatic rings. The van der Waals surface area contributed by atoms with Crippen molar-refractivity contribution in [2.45, 2.75) is 47.5 Å². The first-order valence-corrected chi connectivity index (χ1v) is 11.6. The lowest BCUT2D eigenvalue weighted by molar-refractivity contribution is -0.112. The van der Waals surface area contributed by atoms with Crippen LogP contribution in [0.4, 0.5) is 5.69 Å². The maximum absolute atomic E-state index is 13.0. The average Bonchev–Trinajstić information content (AvgIpc) is 2.84. The molecule has 7 heteroatoms. The van der Waals surface area contributed by atoms with Crippen molar-refractivity contribution in [1.29, 1.82) is 0 Å². The number of nitrogens with two attached hydrogens (primary N) is 1. The van der Waals surface area contributed by atoms with Gasteiger partial charge < -0.3 is 16.2 Å². The van der Waals surface area contributed by atoms with E-state index in [1.165, 1.54) is 18.3 Å². The minimum atomic E-state index is -1.14. The molecule has 1 heterocycles. The van der Waals surface area contributed by atoms with Crippen LogP contribution in [-0.4, -0.2) is 27.7 Å². The topological polar surface area (TPSA) is 118 Å². The molecule has 1 aromatic rings. The number of hydrogen-bond acceptors (Lipinski definition) is 5. The van der Waals surface area contributed by atoms with Crippen LogP contribution < -0.4 is 11.1 Å². The fourth-order valence-corrected chi connectivity index (χ4v) is 3.06. The Morgan fingerprint density at radius 1 is 1.34 bits per heavy atom. The molecule has 1 unspecified atom stereocenters. The summed E-state index contributed by atoms with van der Waals surface area (Å²) in [6.07, 6.45) is 17.6. The van der Waals surface area contributed by atoms with Gasteiger partial charge in [0.05, 0.1) is 28.2 Å². The normalized spacial score (nSPS) is 14.4. The predicted molar refractivity (Wildman–Crippen MR) is 144 cm³/mol. The van der Waals surface area contributed by atoms with Crippen molar-refractivity contribution in [3.05, 3.63) is 95.7 Å². The second-order valence-electron chi connectivity index (χ2n) is 7.77. The van der Waals surface area contributed by atoms with Gasteiger partial charge in [-0.3, -0.25) is 14.8 Å². The number of carbonyl (C=O) groups excluding carboxylic acids is 1. The van der Waals surface area contributed by atoms with Crippen molar-refractivity contribution >= 4 is 23.3 Å². The molecule has 0 saturated heterocycles. The van der Waals surface area contributed by atoms with Gasteiger partial charge in [-0.25, -0.2) is 4.79 Å². The third kappa shape index (κ3) is 8.70. The van der Waals surface area contributed by atoms with E-state index in [1.54, 1.807) is 13.1 Å². The molecule has 0 aliphatic carbocycles. The highest BCUT2D eigenvalue weighted by molar-refractivity contribution is 6.29. The van der Waals surface area contributed by atoms with E-state index in [0.29, 0.717) is 5.69 Å². The van der Waals surface area contributed by atoms with E-state index >= 15 is 0 Å². The second-order valence-corrected chi connectivity index (χ2v) is 7.77. The lowest BCUT2D eigenvalue weighted by atomic mass is 9.91. The molecule has 0 radical (unpaired) electrons. The number of aromatic nitrogens is 1. The summed E-state index contributed by atoms with van der Waals surface area (Å²) in [5.74, 6) is -1.47. The van der Waals surface area contributed by atoms with Gasteiger partial charge in [-0.15, -0.1) is 0 Å². The Morgan fingerprint density at radius 3 is 2.60 bits per heavy atom. The van der Waals surface area contributed by atoms with Crippen molar-refractivity contribution in [2.75, 3.05) is 5.32 Å². The van der Waals surface area contributed by atoms with E-state index in [2.05, 4.69) is 48.7 Å². The third-order valence-corrected chi connectivity index (χ3v) is 5.28. The summed E-state index contributed by atoms with van der Waals surface area (Å²) in [4.78, 5) is 32.9. The number of aromatic carboxylic acids is 1. The molecule has 1 aromatic heterocycles. The molecule has 186 valence electrons. The summed E-state index contributed by atoms with van der Waals surface area (Å²) < 4.78 is 0. The first-order valence-electron chi connectivity index (χ1n) is 11.6. The highest BCUT2D eigenvalue weighted by Crippen LogP contribution is 2.24. The molecule has 0 saturated carbocycles. The summed E-state index contributed by atoms with van der Waals surface area (Å²) in [7, 11) is 0. The Balaban J connectivity index is 3.43. The van der Waals surface area contributed by atoms with Gasteiger partial charge >= 0.3 is 5.97 Å². The molecular weight excluding hydrogens is 440 g/mol. The molecule has 0 bridgehead atoms. The van der Waals surface area contributed by atoms with Crippen LogP contribution in [0, 0.1) is 12.8 Å². The Morgan fingerprint density at radius 2 is 2.06 bits per heavy atom. The fourth-order valence-electron chi connectivity index (χ4n) is 3.06. The number of hydrogen-bond donors (Lipinski definition) is 3. The van der Waals surface area contributed by atoms with Crippen LogP contribution in [-0.2, 0) is 4.79 Å². The summed E-state index contributed by atoms with van der Waals surface area (Å²) in [6, 6.07) is 1.35. The maximum atomic E-state index is 13.0. The zero-order valence-corrected chi connectivity index (χ0v) is 21.2. The predicted octanol–water partition coefficient (Wildman–Crippen LogP) is 5.90. The number of carboxylic acid groups (broad SMARTS) is 1. The number of aryl methyl sites for hydroxylation is 1. The number of aliphatic imine (C=N–C) groups is 1. The molecular formula is C28H36N4O3. The van der Waals surface area contributed by atoms with Crippen LogP contribution >= 0.6 is 0 Å². The Labute approximate surface area is 208 Å². The van der Waals surface area contributed by atoms with Crippen LogP contribution in [0.2, 0.25) is 0 Å². The van der Waals surface area contributed by atoms with Crippen molar-refractivity contribution in [1.82, 2.24) is 4.98 Å². The number of amides is 1. The molecule has 4 N–H and O–H groups in total. The lowest BCUT2D eigenvalue weighted by Crippen LogP contribution is -2.21. The summed E-state index contributed by atoms with van der Waals surface area (Å²) >= 11 is 0. The van der Waals surface area contributed by atoms with Gasteiger partial charge in [-0.05, 0) is 55.9 Å². The molecule has 0 aliphatic heterocycles. The largest absolute Gasteiger partial charge is 0.478 e. The highest BCUT2D eigenvalue weighted by atomic mass is 16.4. The Hall–Kier alpha value is -4.00. The maximum Gasteiger partial charge on any atom is 0.337 e. The van der Waals surface area contributed by atoms with E-state index in [9.17, 15) is 14.7 Å². The zero-order valence-electron chi connectivity index (χ0n) is 21.2. The molecule has 7 nitrogen and oxygen atoms in total. The highest BCUT2D eigenvalue weighted by Gasteiger charge is 2.17. The molecule has 1 amide bonds. The van der Waals surface area contributed by atoms with E-state index in [0.717, 1.165) is 30.2 Å². The fraction of sp³-hybridized carbons (Fsp3) is 0.286. The summed E-state index contributed by atoms with van der Waals surface area (Å²) in [5, 5.41) is 11.9. The van der Waals surface area contributed by atoms with Gasteiger partial charge in [0.15, 0.2) is 0 Å². The number of allylic oxidation sites excluding steroid dienone is 8. The van der Waals surface area contributed by atoms with Crippen LogP contribution in [0.5, 0.6) is 0 Å². The number of pyridine rings is 1.